The molecule has 0 fully saturated rings. The third-order valence-electron chi connectivity index (χ3n) is 5.11. The van der Waals surface area contributed by atoms with Gasteiger partial charge < -0.3 is 15.2 Å². The lowest BCUT2D eigenvalue weighted by Crippen LogP contribution is -2.36. The maximum Gasteiger partial charge on any atom is 0.227 e. The summed E-state index contributed by atoms with van der Waals surface area (Å²) in [4.78, 5) is 17.8. The molecule has 0 saturated heterocycles. The molecule has 0 saturated carbocycles. The third-order valence-corrected chi connectivity index (χ3v) is 5.83. The van der Waals surface area contributed by atoms with Gasteiger partial charge >= 0.3 is 0 Å². The molecule has 1 atom stereocenters. The lowest BCUT2D eigenvalue weighted by Gasteiger charge is -2.38. The Balaban J connectivity index is 1.89. The van der Waals surface area contributed by atoms with Crippen LogP contribution in [0.15, 0.2) is 34.6 Å². The second-order valence-electron chi connectivity index (χ2n) is 7.89. The Morgan fingerprint density at radius 2 is 2.18 bits per heavy atom. The standard InChI is InChI=1S/C20H24N4O3S/c1-5-28-19-22-18-21-12-9-20(2,3)10-14(26)16(12)17(24(18)23-19)11-6-7-13(25)15(8-11)27-4/h6-8,17,25H,5,9-10H2,1-4H3,(H,21,22,23). The smallest absolute Gasteiger partial charge is 0.227 e. The van der Waals surface area contributed by atoms with Gasteiger partial charge in [0.25, 0.3) is 0 Å². The Labute approximate surface area is 168 Å². The number of anilines is 1. The molecule has 2 aliphatic rings. The number of phenolic OH excluding ortho intramolecular Hbond substituents is 1. The largest absolute Gasteiger partial charge is 0.504 e. The Morgan fingerprint density at radius 3 is 2.89 bits per heavy atom. The van der Waals surface area contributed by atoms with Gasteiger partial charge in [-0.25, -0.2) is 4.68 Å². The van der Waals surface area contributed by atoms with Crippen LogP contribution >= 0.6 is 11.8 Å². The minimum atomic E-state index is -0.400. The highest BCUT2D eigenvalue weighted by molar-refractivity contribution is 7.99. The Bertz CT molecular complexity index is 980. The predicted molar refractivity (Wildman–Crippen MR) is 108 cm³/mol. The number of Topliss-reactive ketones (excluding diaryl/α,β-unsaturated/α-hetero) is 1. The molecule has 4 rings (SSSR count). The highest BCUT2D eigenvalue weighted by Gasteiger charge is 2.42. The number of thioether (sulfide) groups is 1. The molecular weight excluding hydrogens is 376 g/mol. The summed E-state index contributed by atoms with van der Waals surface area (Å²) < 4.78 is 7.06. The molecule has 1 aliphatic heterocycles. The summed E-state index contributed by atoms with van der Waals surface area (Å²) in [5, 5.41) is 18.7. The average Bonchev–Trinajstić information content (AvgIpc) is 3.01. The first-order valence-electron chi connectivity index (χ1n) is 9.32. The fourth-order valence-corrected chi connectivity index (χ4v) is 4.51. The van der Waals surface area contributed by atoms with Crippen LogP contribution in [-0.2, 0) is 4.79 Å². The highest BCUT2D eigenvalue weighted by Crippen LogP contribution is 2.46. The maximum absolute atomic E-state index is 13.1. The molecule has 0 radical (unpaired) electrons. The topological polar surface area (TPSA) is 89.3 Å². The van der Waals surface area contributed by atoms with Gasteiger partial charge in [0.15, 0.2) is 17.3 Å². The minimum Gasteiger partial charge on any atom is -0.504 e. The minimum absolute atomic E-state index is 0.0616. The fraction of sp³-hybridized carbons (Fsp3) is 0.450. The number of rotatable bonds is 4. The number of aromatic hydroxyl groups is 1. The summed E-state index contributed by atoms with van der Waals surface area (Å²) >= 11 is 1.56. The molecule has 1 unspecified atom stereocenters. The number of hydrogen-bond donors (Lipinski definition) is 2. The lowest BCUT2D eigenvalue weighted by molar-refractivity contribution is -0.118. The average molecular weight is 401 g/mol. The predicted octanol–water partition coefficient (Wildman–Crippen LogP) is 3.76. The van der Waals surface area contributed by atoms with Crippen molar-refractivity contribution in [1.29, 1.82) is 0 Å². The normalized spacial score (nSPS) is 20.4. The molecule has 28 heavy (non-hydrogen) atoms. The van der Waals surface area contributed by atoms with Crippen molar-refractivity contribution >= 4 is 23.5 Å². The zero-order valence-electron chi connectivity index (χ0n) is 16.4. The number of allylic oxidation sites excluding steroid dienone is 2. The van der Waals surface area contributed by atoms with Gasteiger partial charge in [-0.1, -0.05) is 38.6 Å². The van der Waals surface area contributed by atoms with E-state index in [2.05, 4.69) is 36.2 Å². The van der Waals surface area contributed by atoms with Crippen LogP contribution in [0.4, 0.5) is 5.95 Å². The summed E-state index contributed by atoms with van der Waals surface area (Å²) in [6, 6.07) is 4.76. The van der Waals surface area contributed by atoms with Gasteiger partial charge in [0, 0.05) is 17.7 Å². The van der Waals surface area contributed by atoms with Crippen LogP contribution in [0.2, 0.25) is 0 Å². The van der Waals surface area contributed by atoms with Gasteiger partial charge in [-0.2, -0.15) is 4.98 Å². The van der Waals surface area contributed by atoms with Crippen LogP contribution in [0.25, 0.3) is 0 Å². The number of fused-ring (bicyclic) bond motifs is 1. The molecule has 1 aliphatic carbocycles. The van der Waals surface area contributed by atoms with Crippen LogP contribution < -0.4 is 10.1 Å². The summed E-state index contributed by atoms with van der Waals surface area (Å²) in [7, 11) is 1.51. The molecule has 2 heterocycles. The van der Waals surface area contributed by atoms with Crippen molar-refractivity contribution in [2.45, 2.75) is 44.8 Å². The SMILES string of the molecule is CCSc1nc2n(n1)C(c1ccc(O)c(OC)c1)C1=C(CC(C)(C)CC1=O)N2. The van der Waals surface area contributed by atoms with Gasteiger partial charge in [0.1, 0.15) is 6.04 Å². The van der Waals surface area contributed by atoms with Crippen LogP contribution in [0, 0.1) is 5.41 Å². The van der Waals surface area contributed by atoms with Gasteiger partial charge in [-0.15, -0.1) is 5.10 Å². The number of aromatic nitrogens is 3. The first kappa shape index (κ1) is 18.9. The summed E-state index contributed by atoms with van der Waals surface area (Å²) in [6.45, 7) is 6.26. The Kier molecular flexibility index (Phi) is 4.61. The first-order valence-corrected chi connectivity index (χ1v) is 10.3. The summed E-state index contributed by atoms with van der Waals surface area (Å²) in [5.41, 5.74) is 2.35. The molecule has 1 aromatic carbocycles. The molecule has 0 amide bonds. The van der Waals surface area contributed by atoms with E-state index >= 15 is 0 Å². The van der Waals surface area contributed by atoms with Crippen molar-refractivity contribution in [3.8, 4) is 11.5 Å². The van der Waals surface area contributed by atoms with Crippen molar-refractivity contribution in [3.05, 3.63) is 35.0 Å². The van der Waals surface area contributed by atoms with Crippen molar-refractivity contribution in [3.63, 3.8) is 0 Å². The van der Waals surface area contributed by atoms with Crippen molar-refractivity contribution in [2.75, 3.05) is 18.2 Å². The summed E-state index contributed by atoms with van der Waals surface area (Å²) in [6.07, 6.45) is 1.25. The number of carbonyl (C=O) groups is 1. The number of nitrogens with one attached hydrogen (secondary N) is 1. The van der Waals surface area contributed by atoms with Crippen molar-refractivity contribution < 1.29 is 14.6 Å². The first-order chi connectivity index (χ1) is 13.3. The molecule has 148 valence electrons. The number of carbonyl (C=O) groups excluding carboxylic acids is 1. The van der Waals surface area contributed by atoms with Crippen LogP contribution in [0.1, 0.15) is 45.2 Å². The molecule has 7 nitrogen and oxygen atoms in total. The lowest BCUT2D eigenvalue weighted by atomic mass is 9.73. The zero-order valence-corrected chi connectivity index (χ0v) is 17.3. The van der Waals surface area contributed by atoms with E-state index < -0.39 is 6.04 Å². The van der Waals surface area contributed by atoms with E-state index in [1.165, 1.54) is 7.11 Å². The number of hydrogen-bond acceptors (Lipinski definition) is 7. The van der Waals surface area contributed by atoms with Gasteiger partial charge in [0.05, 0.1) is 7.11 Å². The molecule has 2 aromatic rings. The van der Waals surface area contributed by atoms with Crippen LogP contribution in [-0.4, -0.2) is 38.5 Å². The van der Waals surface area contributed by atoms with E-state index in [0.29, 0.717) is 23.3 Å². The van der Waals surface area contributed by atoms with Crippen molar-refractivity contribution in [1.82, 2.24) is 14.8 Å². The number of phenols is 1. The van der Waals surface area contributed by atoms with Gasteiger partial charge in [-0.3, -0.25) is 4.79 Å². The van der Waals surface area contributed by atoms with E-state index in [4.69, 9.17) is 4.74 Å². The second kappa shape index (κ2) is 6.84. The van der Waals surface area contributed by atoms with E-state index in [1.807, 2.05) is 6.07 Å². The number of ketones is 1. The van der Waals surface area contributed by atoms with E-state index in [0.717, 1.165) is 29.0 Å². The monoisotopic (exact) mass is 400 g/mol. The molecular formula is C20H24N4O3S. The third kappa shape index (κ3) is 3.15. The van der Waals surface area contributed by atoms with Crippen molar-refractivity contribution in [2.24, 2.45) is 5.41 Å². The number of methoxy groups -OCH3 is 1. The van der Waals surface area contributed by atoms with Crippen LogP contribution in [0.3, 0.4) is 0 Å². The zero-order chi connectivity index (χ0) is 20.1. The molecule has 1 aromatic heterocycles. The molecule has 0 spiro atoms. The van der Waals surface area contributed by atoms with E-state index in [9.17, 15) is 9.90 Å². The van der Waals surface area contributed by atoms with Crippen LogP contribution in [0.5, 0.6) is 11.5 Å². The molecule has 0 bridgehead atoms. The highest BCUT2D eigenvalue weighted by atomic mass is 32.2. The second-order valence-corrected chi connectivity index (χ2v) is 9.12. The molecule has 8 heteroatoms. The number of nitrogens with zero attached hydrogens (tertiary/aromatic N) is 3. The quantitative estimate of drug-likeness (QED) is 0.755. The summed E-state index contributed by atoms with van der Waals surface area (Å²) in [5.74, 6) is 2.04. The van der Waals surface area contributed by atoms with E-state index in [-0.39, 0.29) is 16.9 Å². The van der Waals surface area contributed by atoms with Gasteiger partial charge in [-0.05, 0) is 35.3 Å². The Morgan fingerprint density at radius 1 is 1.39 bits per heavy atom. The van der Waals surface area contributed by atoms with Gasteiger partial charge in [0.2, 0.25) is 11.1 Å². The number of ether oxygens (including phenoxy) is 1. The Hall–Kier alpha value is -2.48. The van der Waals surface area contributed by atoms with E-state index in [1.54, 1.807) is 28.6 Å². The molecule has 2 N–H and O–H groups in total. The maximum atomic E-state index is 13.1. The number of benzene rings is 1. The fourth-order valence-electron chi connectivity index (χ4n) is 3.95.